The highest BCUT2D eigenvalue weighted by Crippen LogP contribution is 2.29. The molecule has 1 N–H and O–H groups in total. The molecule has 26 heavy (non-hydrogen) atoms. The van der Waals surface area contributed by atoms with Crippen LogP contribution in [-0.2, 0) is 21.4 Å². The van der Waals surface area contributed by atoms with E-state index >= 15 is 0 Å². The maximum Gasteiger partial charge on any atom is 0.243 e. The molecule has 1 aliphatic heterocycles. The molecule has 1 saturated heterocycles. The van der Waals surface area contributed by atoms with Crippen molar-refractivity contribution < 1.29 is 17.5 Å². The van der Waals surface area contributed by atoms with Crippen LogP contribution in [0.2, 0.25) is 0 Å². The highest BCUT2D eigenvalue weighted by Gasteiger charge is 2.34. The number of methoxy groups -OCH3 is 1. The fourth-order valence-electron chi connectivity index (χ4n) is 3.07. The van der Waals surface area contributed by atoms with Gasteiger partial charge in [-0.25, -0.2) is 12.8 Å². The van der Waals surface area contributed by atoms with E-state index in [1.807, 2.05) is 6.07 Å². The molecule has 1 heterocycles. The first-order chi connectivity index (χ1) is 12.0. The Balaban J connectivity index is 0.00000243. The summed E-state index contributed by atoms with van der Waals surface area (Å²) in [7, 11) is -2.13. The molecule has 0 spiro atoms. The topological polar surface area (TPSA) is 58.6 Å². The number of hydrogen-bond donors (Lipinski definition) is 1. The van der Waals surface area contributed by atoms with E-state index in [9.17, 15) is 12.8 Å². The quantitative estimate of drug-likeness (QED) is 0.838. The van der Waals surface area contributed by atoms with Crippen molar-refractivity contribution in [3.63, 3.8) is 0 Å². The SMILES string of the molecule is COCc1cccc(S(=O)(=O)N2CCNCC2c2cccc(F)c2)c1.Cl. The fourth-order valence-corrected chi connectivity index (χ4v) is 4.75. The average Bonchev–Trinajstić information content (AvgIpc) is 2.62. The Morgan fingerprint density at radius 1 is 1.23 bits per heavy atom. The molecule has 1 aliphatic rings. The molecule has 0 saturated carbocycles. The Morgan fingerprint density at radius 3 is 2.73 bits per heavy atom. The number of ether oxygens (including phenoxy) is 1. The molecule has 3 rings (SSSR count). The van der Waals surface area contributed by atoms with Gasteiger partial charge in [-0.3, -0.25) is 0 Å². The lowest BCUT2D eigenvalue weighted by atomic mass is 10.1. The lowest BCUT2D eigenvalue weighted by Crippen LogP contribution is -2.48. The van der Waals surface area contributed by atoms with Crippen molar-refractivity contribution in [3.05, 3.63) is 65.5 Å². The van der Waals surface area contributed by atoms with Gasteiger partial charge in [-0.2, -0.15) is 4.31 Å². The van der Waals surface area contributed by atoms with Crippen molar-refractivity contribution in [2.75, 3.05) is 26.7 Å². The van der Waals surface area contributed by atoms with Gasteiger partial charge < -0.3 is 10.1 Å². The molecule has 0 radical (unpaired) electrons. The summed E-state index contributed by atoms with van der Waals surface area (Å²) in [6, 6.07) is 12.4. The van der Waals surface area contributed by atoms with Crippen LogP contribution < -0.4 is 5.32 Å². The number of benzene rings is 2. The van der Waals surface area contributed by atoms with Crippen molar-refractivity contribution in [1.29, 1.82) is 0 Å². The number of sulfonamides is 1. The van der Waals surface area contributed by atoms with Crippen LogP contribution in [0.5, 0.6) is 0 Å². The first kappa shape index (κ1) is 20.8. The van der Waals surface area contributed by atoms with Crippen LogP contribution in [0.4, 0.5) is 4.39 Å². The maximum absolute atomic E-state index is 13.6. The van der Waals surface area contributed by atoms with E-state index in [2.05, 4.69) is 5.32 Å². The molecule has 1 unspecified atom stereocenters. The van der Waals surface area contributed by atoms with Crippen molar-refractivity contribution >= 4 is 22.4 Å². The van der Waals surface area contributed by atoms with Gasteiger partial charge in [-0.05, 0) is 35.4 Å². The monoisotopic (exact) mass is 400 g/mol. The average molecular weight is 401 g/mol. The summed E-state index contributed by atoms with van der Waals surface area (Å²) in [6.45, 7) is 1.68. The highest BCUT2D eigenvalue weighted by molar-refractivity contribution is 7.89. The molecule has 1 atom stereocenters. The van der Waals surface area contributed by atoms with Gasteiger partial charge in [0.1, 0.15) is 5.82 Å². The van der Waals surface area contributed by atoms with Crippen molar-refractivity contribution in [2.24, 2.45) is 0 Å². The molecule has 0 amide bonds. The summed E-state index contributed by atoms with van der Waals surface area (Å²) < 4.78 is 46.5. The summed E-state index contributed by atoms with van der Waals surface area (Å²) in [5.41, 5.74) is 1.44. The standard InChI is InChI=1S/C18H21FN2O3S.ClH/c1-24-13-14-4-2-7-17(10-14)25(22,23)21-9-8-20-12-18(21)15-5-3-6-16(19)11-15;/h2-7,10-11,18,20H,8-9,12-13H2,1H3;1H. The van der Waals surface area contributed by atoms with E-state index in [0.717, 1.165) is 5.56 Å². The van der Waals surface area contributed by atoms with Crippen LogP contribution in [0.1, 0.15) is 17.2 Å². The zero-order chi connectivity index (χ0) is 17.9. The first-order valence-electron chi connectivity index (χ1n) is 8.08. The van der Waals surface area contributed by atoms with Gasteiger partial charge in [0.15, 0.2) is 0 Å². The van der Waals surface area contributed by atoms with Gasteiger partial charge in [0.2, 0.25) is 10.0 Å². The number of nitrogens with zero attached hydrogens (tertiary/aromatic N) is 1. The van der Waals surface area contributed by atoms with Crippen LogP contribution >= 0.6 is 12.4 Å². The Morgan fingerprint density at radius 2 is 2.00 bits per heavy atom. The van der Waals surface area contributed by atoms with E-state index in [4.69, 9.17) is 4.74 Å². The minimum absolute atomic E-state index is 0. The summed E-state index contributed by atoms with van der Waals surface area (Å²) in [5.74, 6) is -0.373. The van der Waals surface area contributed by atoms with Gasteiger partial charge in [-0.15, -0.1) is 12.4 Å². The number of piperazine rings is 1. The second kappa shape index (κ2) is 8.92. The van der Waals surface area contributed by atoms with Crippen molar-refractivity contribution in [3.8, 4) is 0 Å². The highest BCUT2D eigenvalue weighted by atomic mass is 35.5. The lowest BCUT2D eigenvalue weighted by Gasteiger charge is -2.35. The molecule has 0 aromatic heterocycles. The van der Waals surface area contributed by atoms with Crippen molar-refractivity contribution in [1.82, 2.24) is 9.62 Å². The smallest absolute Gasteiger partial charge is 0.243 e. The Bertz CT molecular complexity index is 848. The molecule has 8 heteroatoms. The molecule has 2 aromatic rings. The molecule has 0 aliphatic carbocycles. The van der Waals surface area contributed by atoms with Gasteiger partial charge in [0.25, 0.3) is 0 Å². The van der Waals surface area contributed by atoms with Crippen LogP contribution in [0.15, 0.2) is 53.4 Å². The van der Waals surface area contributed by atoms with Gasteiger partial charge in [0.05, 0.1) is 17.5 Å². The molecule has 1 fully saturated rings. The zero-order valence-corrected chi connectivity index (χ0v) is 16.0. The third-order valence-electron chi connectivity index (χ3n) is 4.24. The molecule has 142 valence electrons. The normalized spacial score (nSPS) is 18.3. The summed E-state index contributed by atoms with van der Waals surface area (Å²) in [5, 5.41) is 3.19. The van der Waals surface area contributed by atoms with Crippen LogP contribution in [0.3, 0.4) is 0 Å². The molecular formula is C18H22ClFN2O3S. The number of rotatable bonds is 5. The molecule has 0 bridgehead atoms. The van der Waals surface area contributed by atoms with E-state index in [-0.39, 0.29) is 23.1 Å². The molecule has 5 nitrogen and oxygen atoms in total. The minimum atomic E-state index is -3.70. The van der Waals surface area contributed by atoms with Gasteiger partial charge >= 0.3 is 0 Å². The Kier molecular flexibility index (Phi) is 7.14. The zero-order valence-electron chi connectivity index (χ0n) is 14.4. The van der Waals surface area contributed by atoms with E-state index in [1.165, 1.54) is 16.4 Å². The lowest BCUT2D eigenvalue weighted by molar-refractivity contribution is 0.184. The largest absolute Gasteiger partial charge is 0.380 e. The number of hydrogen-bond acceptors (Lipinski definition) is 4. The Hall–Kier alpha value is -1.51. The fraction of sp³-hybridized carbons (Fsp3) is 0.333. The third kappa shape index (κ3) is 4.42. The van der Waals surface area contributed by atoms with Crippen molar-refractivity contribution in [2.45, 2.75) is 17.5 Å². The number of nitrogens with one attached hydrogen (secondary N) is 1. The predicted octanol–water partition coefficient (Wildman–Crippen LogP) is 2.73. The van der Waals surface area contributed by atoms with Crippen LogP contribution in [0.25, 0.3) is 0 Å². The van der Waals surface area contributed by atoms with Crippen LogP contribution in [0, 0.1) is 5.82 Å². The Labute approximate surface area is 159 Å². The van der Waals surface area contributed by atoms with Crippen LogP contribution in [-0.4, -0.2) is 39.5 Å². The molecule has 2 aromatic carbocycles. The summed E-state index contributed by atoms with van der Waals surface area (Å²) in [4.78, 5) is 0.227. The third-order valence-corrected chi connectivity index (χ3v) is 6.15. The maximum atomic E-state index is 13.6. The predicted molar refractivity (Wildman–Crippen MR) is 100 cm³/mol. The summed E-state index contributed by atoms with van der Waals surface area (Å²) >= 11 is 0. The van der Waals surface area contributed by atoms with E-state index < -0.39 is 16.1 Å². The number of halogens is 2. The first-order valence-corrected chi connectivity index (χ1v) is 9.52. The molecular weight excluding hydrogens is 379 g/mol. The minimum Gasteiger partial charge on any atom is -0.380 e. The summed E-state index contributed by atoms with van der Waals surface area (Å²) in [6.07, 6.45) is 0. The van der Waals surface area contributed by atoms with E-state index in [1.54, 1.807) is 37.4 Å². The van der Waals surface area contributed by atoms with Gasteiger partial charge in [0, 0.05) is 26.7 Å². The second-order valence-corrected chi connectivity index (χ2v) is 7.86. The van der Waals surface area contributed by atoms with Gasteiger partial charge in [-0.1, -0.05) is 24.3 Å². The second-order valence-electron chi connectivity index (χ2n) is 5.97. The van der Waals surface area contributed by atoms with E-state index in [0.29, 0.717) is 31.8 Å².